The lowest BCUT2D eigenvalue weighted by molar-refractivity contribution is 0.175. The second-order valence-electron chi connectivity index (χ2n) is 5.66. The van der Waals surface area contributed by atoms with Crippen LogP contribution >= 0.6 is 0 Å². The van der Waals surface area contributed by atoms with Crippen LogP contribution in [0.1, 0.15) is 30.0 Å². The molecule has 0 radical (unpaired) electrons. The molecule has 1 heterocycles. The Morgan fingerprint density at radius 3 is 2.52 bits per heavy atom. The minimum absolute atomic E-state index is 0.279. The van der Waals surface area contributed by atoms with E-state index >= 15 is 0 Å². The van der Waals surface area contributed by atoms with Crippen LogP contribution in [-0.4, -0.2) is 9.55 Å². The van der Waals surface area contributed by atoms with Crippen molar-refractivity contribution >= 4 is 5.76 Å². The van der Waals surface area contributed by atoms with Crippen molar-refractivity contribution in [3.63, 3.8) is 0 Å². The SMILES string of the molecule is CC(O/C(=C\C#N)c1ccccc1)c1nccn1Cc1ccccc1. The maximum absolute atomic E-state index is 9.06. The fourth-order valence-electron chi connectivity index (χ4n) is 2.68. The monoisotopic (exact) mass is 329 g/mol. The second-order valence-corrected chi connectivity index (χ2v) is 5.66. The molecule has 124 valence electrons. The van der Waals surface area contributed by atoms with E-state index in [1.54, 1.807) is 6.20 Å². The molecule has 0 spiro atoms. The lowest BCUT2D eigenvalue weighted by Gasteiger charge is -2.18. The number of benzene rings is 2. The van der Waals surface area contributed by atoms with E-state index in [0.717, 1.165) is 17.9 Å². The van der Waals surface area contributed by atoms with Gasteiger partial charge in [0.2, 0.25) is 0 Å². The molecule has 1 unspecified atom stereocenters. The van der Waals surface area contributed by atoms with Crippen LogP contribution in [0.15, 0.2) is 79.1 Å². The van der Waals surface area contributed by atoms with E-state index in [4.69, 9.17) is 10.00 Å². The van der Waals surface area contributed by atoms with Gasteiger partial charge in [0.1, 0.15) is 11.6 Å². The molecule has 0 saturated carbocycles. The van der Waals surface area contributed by atoms with Gasteiger partial charge < -0.3 is 9.30 Å². The Labute approximate surface area is 147 Å². The van der Waals surface area contributed by atoms with Crippen LogP contribution < -0.4 is 0 Å². The molecular formula is C21H19N3O. The summed E-state index contributed by atoms with van der Waals surface area (Å²) in [5, 5.41) is 9.06. The lowest BCUT2D eigenvalue weighted by atomic mass is 10.2. The number of allylic oxidation sites excluding steroid dienone is 1. The Kier molecular flexibility index (Phi) is 5.28. The minimum atomic E-state index is -0.279. The summed E-state index contributed by atoms with van der Waals surface area (Å²) >= 11 is 0. The maximum Gasteiger partial charge on any atom is 0.153 e. The van der Waals surface area contributed by atoms with Crippen molar-refractivity contribution in [1.82, 2.24) is 9.55 Å². The van der Waals surface area contributed by atoms with Gasteiger partial charge in [0.15, 0.2) is 6.10 Å². The predicted octanol–water partition coefficient (Wildman–Crippen LogP) is 4.57. The molecule has 0 N–H and O–H groups in total. The normalized spacial score (nSPS) is 12.4. The number of hydrogen-bond acceptors (Lipinski definition) is 3. The molecule has 2 aromatic carbocycles. The largest absolute Gasteiger partial charge is 0.481 e. The molecule has 25 heavy (non-hydrogen) atoms. The number of rotatable bonds is 6. The van der Waals surface area contributed by atoms with E-state index < -0.39 is 0 Å². The number of imidazole rings is 1. The smallest absolute Gasteiger partial charge is 0.153 e. The first-order valence-electron chi connectivity index (χ1n) is 8.14. The fraction of sp³-hybridized carbons (Fsp3) is 0.143. The summed E-state index contributed by atoms with van der Waals surface area (Å²) in [6.45, 7) is 2.67. The van der Waals surface area contributed by atoms with Crippen molar-refractivity contribution in [2.75, 3.05) is 0 Å². The Balaban J connectivity index is 1.80. The van der Waals surface area contributed by atoms with Crippen molar-refractivity contribution in [3.8, 4) is 6.07 Å². The predicted molar refractivity (Wildman–Crippen MR) is 97.3 cm³/mol. The van der Waals surface area contributed by atoms with Crippen molar-refractivity contribution in [2.45, 2.75) is 19.6 Å². The Bertz CT molecular complexity index is 876. The van der Waals surface area contributed by atoms with Gasteiger partial charge in [-0.3, -0.25) is 0 Å². The van der Waals surface area contributed by atoms with Crippen LogP contribution in [0.3, 0.4) is 0 Å². The summed E-state index contributed by atoms with van der Waals surface area (Å²) in [6, 6.07) is 21.9. The van der Waals surface area contributed by atoms with Crippen LogP contribution in [0.4, 0.5) is 0 Å². The van der Waals surface area contributed by atoms with E-state index in [1.807, 2.05) is 61.7 Å². The molecule has 0 aliphatic carbocycles. The minimum Gasteiger partial charge on any atom is -0.481 e. The summed E-state index contributed by atoms with van der Waals surface area (Å²) in [5.41, 5.74) is 2.07. The second kappa shape index (κ2) is 7.98. The highest BCUT2D eigenvalue weighted by molar-refractivity contribution is 5.62. The molecule has 0 aliphatic rings. The van der Waals surface area contributed by atoms with Crippen molar-refractivity contribution in [2.24, 2.45) is 0 Å². The number of hydrogen-bond donors (Lipinski definition) is 0. The van der Waals surface area contributed by atoms with Crippen LogP contribution in [-0.2, 0) is 11.3 Å². The Morgan fingerprint density at radius 1 is 1.16 bits per heavy atom. The average molecular weight is 329 g/mol. The number of nitrogens with zero attached hydrogens (tertiary/aromatic N) is 3. The molecule has 1 aromatic heterocycles. The molecule has 4 heteroatoms. The molecule has 1 atom stereocenters. The van der Waals surface area contributed by atoms with E-state index in [9.17, 15) is 0 Å². The van der Waals surface area contributed by atoms with Crippen LogP contribution in [0.2, 0.25) is 0 Å². The highest BCUT2D eigenvalue weighted by Crippen LogP contribution is 2.25. The fourth-order valence-corrected chi connectivity index (χ4v) is 2.68. The quantitative estimate of drug-likeness (QED) is 0.491. The van der Waals surface area contributed by atoms with Gasteiger partial charge in [0, 0.05) is 24.5 Å². The molecule has 0 amide bonds. The van der Waals surface area contributed by atoms with Gasteiger partial charge in [-0.05, 0) is 12.5 Å². The number of aromatic nitrogens is 2. The van der Waals surface area contributed by atoms with Gasteiger partial charge in [-0.1, -0.05) is 60.7 Å². The number of ether oxygens (including phenoxy) is 1. The van der Waals surface area contributed by atoms with Gasteiger partial charge in [-0.25, -0.2) is 4.98 Å². The summed E-state index contributed by atoms with van der Waals surface area (Å²) < 4.78 is 8.12. The highest BCUT2D eigenvalue weighted by Gasteiger charge is 2.16. The van der Waals surface area contributed by atoms with Crippen molar-refractivity contribution in [1.29, 1.82) is 5.26 Å². The highest BCUT2D eigenvalue weighted by atomic mass is 16.5. The standard InChI is InChI=1S/C21H19N3O/c1-17(25-20(12-13-22)19-10-6-3-7-11-19)21-23-14-15-24(21)16-18-8-4-2-5-9-18/h2-12,14-15,17H,16H2,1H3/b20-12-. The zero-order valence-corrected chi connectivity index (χ0v) is 14.0. The van der Waals surface area contributed by atoms with E-state index in [0.29, 0.717) is 5.76 Å². The molecule has 0 saturated heterocycles. The molecule has 0 aliphatic heterocycles. The van der Waals surface area contributed by atoms with Gasteiger partial charge >= 0.3 is 0 Å². The van der Waals surface area contributed by atoms with E-state index in [-0.39, 0.29) is 6.10 Å². The third-order valence-corrected chi connectivity index (χ3v) is 3.86. The van der Waals surface area contributed by atoms with Gasteiger partial charge in [0.05, 0.1) is 12.1 Å². The average Bonchev–Trinajstić information content (AvgIpc) is 3.11. The third kappa shape index (κ3) is 4.15. The molecule has 4 nitrogen and oxygen atoms in total. The molecule has 0 bridgehead atoms. The first-order chi connectivity index (χ1) is 12.3. The van der Waals surface area contributed by atoms with Gasteiger partial charge in [-0.15, -0.1) is 0 Å². The first kappa shape index (κ1) is 16.5. The summed E-state index contributed by atoms with van der Waals surface area (Å²) in [6.07, 6.45) is 4.86. The number of nitriles is 1. The van der Waals surface area contributed by atoms with Crippen molar-refractivity contribution < 1.29 is 4.74 Å². The Hall–Kier alpha value is -3.32. The topological polar surface area (TPSA) is 50.8 Å². The zero-order valence-electron chi connectivity index (χ0n) is 14.0. The maximum atomic E-state index is 9.06. The zero-order chi connectivity index (χ0) is 17.5. The van der Waals surface area contributed by atoms with Gasteiger partial charge in [0.25, 0.3) is 0 Å². The van der Waals surface area contributed by atoms with Crippen molar-refractivity contribution in [3.05, 3.63) is 96.1 Å². The molecule has 3 aromatic rings. The Morgan fingerprint density at radius 2 is 1.84 bits per heavy atom. The van der Waals surface area contributed by atoms with Crippen LogP contribution in [0.5, 0.6) is 0 Å². The van der Waals surface area contributed by atoms with E-state index in [1.165, 1.54) is 11.6 Å². The first-order valence-corrected chi connectivity index (χ1v) is 8.14. The summed E-state index contributed by atoms with van der Waals surface area (Å²) in [4.78, 5) is 4.45. The molecule has 3 rings (SSSR count). The third-order valence-electron chi connectivity index (χ3n) is 3.86. The molecule has 0 fully saturated rings. The summed E-state index contributed by atoms with van der Waals surface area (Å²) in [5.74, 6) is 1.37. The van der Waals surface area contributed by atoms with E-state index in [2.05, 4.69) is 27.8 Å². The van der Waals surface area contributed by atoms with Crippen LogP contribution in [0.25, 0.3) is 5.76 Å². The van der Waals surface area contributed by atoms with Crippen LogP contribution in [0, 0.1) is 11.3 Å². The molecular weight excluding hydrogens is 310 g/mol. The summed E-state index contributed by atoms with van der Waals surface area (Å²) in [7, 11) is 0. The lowest BCUT2D eigenvalue weighted by Crippen LogP contribution is -2.10. The van der Waals surface area contributed by atoms with Gasteiger partial charge in [-0.2, -0.15) is 5.26 Å².